The van der Waals surface area contributed by atoms with Crippen LogP contribution in [0.15, 0.2) is 49.1 Å². The summed E-state index contributed by atoms with van der Waals surface area (Å²) in [5.41, 5.74) is 3.17. The number of anilines is 3. The third-order valence-electron chi connectivity index (χ3n) is 6.73. The SMILES string of the molecule is CC(=O)N1C[C@H](c2nc(Nc3cncc(N4CCCC4=O)c3)cc(-c3cccnc3)n2)CC[C@@H]1C. The molecule has 0 unspecified atom stereocenters. The summed E-state index contributed by atoms with van der Waals surface area (Å²) in [6.07, 6.45) is 10.2. The van der Waals surface area contributed by atoms with Crippen molar-refractivity contribution in [3.63, 3.8) is 0 Å². The van der Waals surface area contributed by atoms with Gasteiger partial charge in [-0.1, -0.05) is 0 Å². The van der Waals surface area contributed by atoms with E-state index in [2.05, 4.69) is 22.2 Å². The molecule has 9 heteroatoms. The van der Waals surface area contributed by atoms with Crippen LogP contribution in [-0.2, 0) is 9.59 Å². The van der Waals surface area contributed by atoms with Gasteiger partial charge < -0.3 is 15.1 Å². The highest BCUT2D eigenvalue weighted by Crippen LogP contribution is 2.32. The van der Waals surface area contributed by atoms with E-state index in [0.717, 1.165) is 41.9 Å². The van der Waals surface area contributed by atoms with Crippen molar-refractivity contribution in [1.29, 1.82) is 0 Å². The molecule has 5 heterocycles. The van der Waals surface area contributed by atoms with Gasteiger partial charge in [0, 0.05) is 62.4 Å². The van der Waals surface area contributed by atoms with Crippen LogP contribution >= 0.6 is 0 Å². The number of aromatic nitrogens is 4. The molecule has 0 saturated carbocycles. The maximum atomic E-state index is 12.2. The molecule has 2 aliphatic heterocycles. The molecule has 2 saturated heterocycles. The van der Waals surface area contributed by atoms with Gasteiger partial charge in [0.1, 0.15) is 11.6 Å². The number of nitrogens with one attached hydrogen (secondary N) is 1. The van der Waals surface area contributed by atoms with Crippen molar-refractivity contribution in [3.05, 3.63) is 54.9 Å². The maximum Gasteiger partial charge on any atom is 0.227 e. The summed E-state index contributed by atoms with van der Waals surface area (Å²) < 4.78 is 0. The zero-order valence-corrected chi connectivity index (χ0v) is 20.0. The summed E-state index contributed by atoms with van der Waals surface area (Å²) in [5, 5.41) is 3.36. The van der Waals surface area contributed by atoms with E-state index in [1.807, 2.05) is 29.2 Å². The van der Waals surface area contributed by atoms with E-state index in [-0.39, 0.29) is 23.8 Å². The molecule has 0 bridgehead atoms. The van der Waals surface area contributed by atoms with Gasteiger partial charge in [0.05, 0.1) is 29.5 Å². The first kappa shape index (κ1) is 22.9. The highest BCUT2D eigenvalue weighted by atomic mass is 16.2. The summed E-state index contributed by atoms with van der Waals surface area (Å²) in [6, 6.07) is 7.87. The second kappa shape index (κ2) is 9.77. The molecule has 2 amide bonds. The topological polar surface area (TPSA) is 104 Å². The first-order valence-corrected chi connectivity index (χ1v) is 12.1. The molecule has 3 aromatic heterocycles. The molecule has 9 nitrogen and oxygen atoms in total. The smallest absolute Gasteiger partial charge is 0.227 e. The molecule has 0 aromatic carbocycles. The Hall–Kier alpha value is -3.88. The van der Waals surface area contributed by atoms with E-state index in [4.69, 9.17) is 9.97 Å². The van der Waals surface area contributed by atoms with Gasteiger partial charge in [0.25, 0.3) is 0 Å². The van der Waals surface area contributed by atoms with Crippen LogP contribution in [0.1, 0.15) is 51.3 Å². The van der Waals surface area contributed by atoms with Crippen LogP contribution in [0.2, 0.25) is 0 Å². The number of nitrogens with zero attached hydrogens (tertiary/aromatic N) is 6. The molecule has 3 aromatic rings. The molecule has 2 aliphatic rings. The predicted molar refractivity (Wildman–Crippen MR) is 133 cm³/mol. The van der Waals surface area contributed by atoms with Gasteiger partial charge in [0.2, 0.25) is 11.8 Å². The highest BCUT2D eigenvalue weighted by molar-refractivity contribution is 5.95. The Morgan fingerprint density at radius 2 is 2.00 bits per heavy atom. The monoisotopic (exact) mass is 471 g/mol. The summed E-state index contributed by atoms with van der Waals surface area (Å²) in [5.74, 6) is 1.57. The Kier molecular flexibility index (Phi) is 6.39. The van der Waals surface area contributed by atoms with E-state index in [1.165, 1.54) is 0 Å². The van der Waals surface area contributed by atoms with Crippen molar-refractivity contribution in [2.45, 2.75) is 51.5 Å². The fourth-order valence-electron chi connectivity index (χ4n) is 4.84. The van der Waals surface area contributed by atoms with E-state index < -0.39 is 0 Å². The Morgan fingerprint density at radius 1 is 1.11 bits per heavy atom. The summed E-state index contributed by atoms with van der Waals surface area (Å²) in [4.78, 5) is 46.3. The molecule has 1 N–H and O–H groups in total. The second-order valence-electron chi connectivity index (χ2n) is 9.24. The summed E-state index contributed by atoms with van der Waals surface area (Å²) in [7, 11) is 0. The molecule has 2 fully saturated rings. The van der Waals surface area contributed by atoms with Crippen LogP contribution in [0.4, 0.5) is 17.2 Å². The van der Waals surface area contributed by atoms with Crippen LogP contribution in [0.25, 0.3) is 11.3 Å². The predicted octanol–water partition coefficient (Wildman–Crippen LogP) is 3.92. The summed E-state index contributed by atoms with van der Waals surface area (Å²) in [6.45, 7) is 5.01. The third-order valence-corrected chi connectivity index (χ3v) is 6.73. The normalized spacial score (nSPS) is 20.2. The Balaban J connectivity index is 1.48. The number of pyridine rings is 2. The van der Waals surface area contributed by atoms with Gasteiger partial charge in [-0.2, -0.15) is 0 Å². The highest BCUT2D eigenvalue weighted by Gasteiger charge is 2.30. The van der Waals surface area contributed by atoms with Crippen molar-refractivity contribution in [1.82, 2.24) is 24.8 Å². The van der Waals surface area contributed by atoms with Crippen molar-refractivity contribution in [3.8, 4) is 11.3 Å². The van der Waals surface area contributed by atoms with Gasteiger partial charge in [-0.15, -0.1) is 0 Å². The van der Waals surface area contributed by atoms with Gasteiger partial charge in [0.15, 0.2) is 0 Å². The Morgan fingerprint density at radius 3 is 2.74 bits per heavy atom. The molecular weight excluding hydrogens is 442 g/mol. The van der Waals surface area contributed by atoms with Crippen LogP contribution in [0.3, 0.4) is 0 Å². The fraction of sp³-hybridized carbons (Fsp3) is 0.385. The van der Waals surface area contributed by atoms with Crippen molar-refractivity contribution in [2.24, 2.45) is 0 Å². The number of hydrogen-bond donors (Lipinski definition) is 1. The van der Waals surface area contributed by atoms with E-state index in [1.54, 1.807) is 36.6 Å². The van der Waals surface area contributed by atoms with E-state index in [0.29, 0.717) is 31.2 Å². The number of carbonyl (C=O) groups excluding carboxylic acids is 2. The first-order chi connectivity index (χ1) is 17.0. The Labute approximate surface area is 204 Å². The minimum Gasteiger partial charge on any atom is -0.340 e. The lowest BCUT2D eigenvalue weighted by atomic mass is 9.92. The number of piperidine rings is 1. The van der Waals surface area contributed by atoms with Crippen molar-refractivity contribution >= 4 is 29.0 Å². The molecular formula is C26H29N7O2. The fourth-order valence-corrected chi connectivity index (χ4v) is 4.84. The average Bonchev–Trinajstić information content (AvgIpc) is 3.30. The van der Waals surface area contributed by atoms with Crippen molar-refractivity contribution in [2.75, 3.05) is 23.3 Å². The minimum absolute atomic E-state index is 0.0407. The molecule has 0 aliphatic carbocycles. The zero-order chi connectivity index (χ0) is 24.4. The maximum absolute atomic E-state index is 12.2. The van der Waals surface area contributed by atoms with Gasteiger partial charge in [-0.3, -0.25) is 19.6 Å². The van der Waals surface area contributed by atoms with Crippen LogP contribution in [-0.4, -0.2) is 55.8 Å². The minimum atomic E-state index is 0.0407. The Bertz CT molecular complexity index is 1230. The van der Waals surface area contributed by atoms with Crippen LogP contribution in [0.5, 0.6) is 0 Å². The van der Waals surface area contributed by atoms with Gasteiger partial charge >= 0.3 is 0 Å². The molecule has 2 atom stereocenters. The van der Waals surface area contributed by atoms with E-state index in [9.17, 15) is 9.59 Å². The number of amides is 2. The largest absolute Gasteiger partial charge is 0.340 e. The number of carbonyl (C=O) groups is 2. The molecule has 5 rings (SSSR count). The van der Waals surface area contributed by atoms with Crippen LogP contribution < -0.4 is 10.2 Å². The molecule has 0 spiro atoms. The number of likely N-dealkylation sites (tertiary alicyclic amines) is 1. The zero-order valence-electron chi connectivity index (χ0n) is 20.0. The lowest BCUT2D eigenvalue weighted by molar-refractivity contribution is -0.132. The lowest BCUT2D eigenvalue weighted by Crippen LogP contribution is -2.44. The lowest BCUT2D eigenvalue weighted by Gasteiger charge is -2.37. The van der Waals surface area contributed by atoms with Gasteiger partial charge in [-0.05, 0) is 44.4 Å². The first-order valence-electron chi connectivity index (χ1n) is 12.1. The number of rotatable bonds is 5. The third kappa shape index (κ3) is 4.99. The van der Waals surface area contributed by atoms with Crippen molar-refractivity contribution < 1.29 is 9.59 Å². The second-order valence-corrected chi connectivity index (χ2v) is 9.24. The standard InChI is InChI=1S/C26H29N7O2/c1-17-7-8-20(16-33(17)18(2)34)26-30-23(19-5-3-9-27-13-19)12-24(31-26)29-21-11-22(15-28-14-21)32-10-4-6-25(32)35/h3,5,9,11-15,17,20H,4,6-8,10,16H2,1-2H3,(H,29,30,31)/t17-,20+/m0/s1. The van der Waals surface area contributed by atoms with E-state index >= 15 is 0 Å². The van der Waals surface area contributed by atoms with Gasteiger partial charge in [-0.25, -0.2) is 9.97 Å². The summed E-state index contributed by atoms with van der Waals surface area (Å²) >= 11 is 0. The van der Waals surface area contributed by atoms with Crippen LogP contribution in [0, 0.1) is 0 Å². The number of hydrogen-bond acceptors (Lipinski definition) is 7. The molecule has 180 valence electrons. The average molecular weight is 472 g/mol. The molecule has 35 heavy (non-hydrogen) atoms. The quantitative estimate of drug-likeness (QED) is 0.601. The molecule has 0 radical (unpaired) electrons.